The third-order valence-corrected chi connectivity index (χ3v) is 6.85. The SMILES string of the molecule is Cc1cc(Cl)ccc1N(C(N)=O)C(/N=C(\N)N1CCCC1)=N/C1=NCCCCN1C(=N)N1CCCC1. The Labute approximate surface area is 217 Å². The van der Waals surface area contributed by atoms with Crippen LogP contribution in [0.3, 0.4) is 0 Å². The minimum atomic E-state index is -0.757. The molecule has 0 saturated carbocycles. The van der Waals surface area contributed by atoms with E-state index >= 15 is 0 Å². The van der Waals surface area contributed by atoms with Crippen molar-refractivity contribution in [1.82, 2.24) is 14.7 Å². The van der Waals surface area contributed by atoms with Crippen LogP contribution in [0.15, 0.2) is 33.2 Å². The van der Waals surface area contributed by atoms with E-state index in [9.17, 15) is 4.79 Å². The second-order valence-electron chi connectivity index (χ2n) is 9.24. The van der Waals surface area contributed by atoms with E-state index in [1.165, 1.54) is 4.90 Å². The Balaban J connectivity index is 1.80. The summed E-state index contributed by atoms with van der Waals surface area (Å²) < 4.78 is 0. The molecule has 11 nitrogen and oxygen atoms in total. The van der Waals surface area contributed by atoms with E-state index in [-0.39, 0.29) is 11.9 Å². The molecule has 2 saturated heterocycles. The molecule has 5 N–H and O–H groups in total. The maximum absolute atomic E-state index is 12.8. The lowest BCUT2D eigenvalue weighted by molar-refractivity contribution is 0.256. The zero-order chi connectivity index (χ0) is 25.7. The number of halogens is 1. The fraction of sp³-hybridized carbons (Fsp3) is 0.542. The highest BCUT2D eigenvalue weighted by molar-refractivity contribution is 6.31. The molecule has 194 valence electrons. The van der Waals surface area contributed by atoms with Crippen molar-refractivity contribution in [1.29, 1.82) is 5.41 Å². The minimum Gasteiger partial charge on any atom is -0.369 e. The van der Waals surface area contributed by atoms with Gasteiger partial charge in [0.15, 0.2) is 5.96 Å². The van der Waals surface area contributed by atoms with E-state index in [4.69, 9.17) is 33.5 Å². The summed E-state index contributed by atoms with van der Waals surface area (Å²) in [6.45, 7) is 6.23. The van der Waals surface area contributed by atoms with Gasteiger partial charge in [0.05, 0.1) is 5.69 Å². The van der Waals surface area contributed by atoms with Crippen molar-refractivity contribution in [2.75, 3.05) is 44.2 Å². The van der Waals surface area contributed by atoms with Crippen LogP contribution in [0, 0.1) is 12.3 Å². The van der Waals surface area contributed by atoms with Gasteiger partial charge in [-0.2, -0.15) is 9.98 Å². The number of aryl methyl sites for hydroxylation is 1. The first-order valence-electron chi connectivity index (χ1n) is 12.5. The molecular formula is C24H35ClN10O. The number of primary amides is 1. The van der Waals surface area contributed by atoms with Crippen LogP contribution in [0.5, 0.6) is 0 Å². The van der Waals surface area contributed by atoms with Crippen molar-refractivity contribution in [2.24, 2.45) is 26.4 Å². The summed E-state index contributed by atoms with van der Waals surface area (Å²) in [5.41, 5.74) is 13.5. The minimum absolute atomic E-state index is 0.0113. The van der Waals surface area contributed by atoms with Gasteiger partial charge in [0.1, 0.15) is 0 Å². The van der Waals surface area contributed by atoms with E-state index < -0.39 is 6.03 Å². The second kappa shape index (κ2) is 11.6. The molecule has 1 aromatic rings. The number of nitrogens with two attached hydrogens (primary N) is 2. The number of urea groups is 1. The topological polar surface area (TPSA) is 143 Å². The van der Waals surface area contributed by atoms with Crippen LogP contribution < -0.4 is 16.4 Å². The number of carbonyl (C=O) groups excluding carboxylic acids is 1. The van der Waals surface area contributed by atoms with Crippen molar-refractivity contribution in [3.63, 3.8) is 0 Å². The van der Waals surface area contributed by atoms with Crippen LogP contribution >= 0.6 is 11.6 Å². The molecule has 0 atom stereocenters. The average molecular weight is 515 g/mol. The van der Waals surface area contributed by atoms with Crippen LogP contribution in [0.4, 0.5) is 10.5 Å². The van der Waals surface area contributed by atoms with Crippen molar-refractivity contribution in [2.45, 2.75) is 45.4 Å². The van der Waals surface area contributed by atoms with E-state index in [2.05, 4.69) is 9.98 Å². The van der Waals surface area contributed by atoms with Gasteiger partial charge in [-0.1, -0.05) is 11.6 Å². The highest BCUT2D eigenvalue weighted by Crippen LogP contribution is 2.25. The third-order valence-electron chi connectivity index (χ3n) is 6.61. The van der Waals surface area contributed by atoms with Gasteiger partial charge in [-0.3, -0.25) is 15.3 Å². The number of amides is 2. The standard InChI is InChI=1S/C24H35ClN10O/c1-17-16-18(25)8-9-19(17)35(22(28)36)24(30-20(26)32-11-4-5-12-32)31-23-29-10-2-3-15-34(23)21(27)33-13-6-7-14-33/h8-9,16,27H,2-7,10-15H2,1H3,(H2,28,36)(H2,26,29,30,31). The van der Waals surface area contributed by atoms with Crippen LogP contribution in [-0.2, 0) is 0 Å². The predicted octanol–water partition coefficient (Wildman–Crippen LogP) is 2.78. The Morgan fingerprint density at radius 1 is 1.03 bits per heavy atom. The van der Waals surface area contributed by atoms with Gasteiger partial charge in [0.2, 0.25) is 17.9 Å². The van der Waals surface area contributed by atoms with E-state index in [1.54, 1.807) is 23.1 Å². The third kappa shape index (κ3) is 5.89. The lowest BCUT2D eigenvalue weighted by Crippen LogP contribution is -2.47. The largest absolute Gasteiger partial charge is 0.369 e. The van der Waals surface area contributed by atoms with Crippen LogP contribution in [0.1, 0.15) is 44.1 Å². The summed E-state index contributed by atoms with van der Waals surface area (Å²) >= 11 is 6.17. The van der Waals surface area contributed by atoms with Crippen molar-refractivity contribution < 1.29 is 4.79 Å². The van der Waals surface area contributed by atoms with E-state index in [0.717, 1.165) is 70.3 Å². The molecule has 0 aliphatic carbocycles. The Hall–Kier alpha value is -3.34. The number of anilines is 1. The maximum Gasteiger partial charge on any atom is 0.326 e. The lowest BCUT2D eigenvalue weighted by atomic mass is 10.2. The first-order valence-corrected chi connectivity index (χ1v) is 12.9. The summed E-state index contributed by atoms with van der Waals surface area (Å²) in [5.74, 6) is 0.966. The van der Waals surface area contributed by atoms with Gasteiger partial charge in [-0.15, -0.1) is 0 Å². The number of aliphatic imine (C=N–C) groups is 3. The van der Waals surface area contributed by atoms with Gasteiger partial charge >= 0.3 is 6.03 Å². The molecule has 2 fully saturated rings. The smallest absolute Gasteiger partial charge is 0.326 e. The normalized spacial score (nSPS) is 19.4. The molecule has 4 rings (SSSR count). The molecule has 0 spiro atoms. The molecule has 3 aliphatic rings. The molecule has 3 heterocycles. The number of likely N-dealkylation sites (tertiary alicyclic amines) is 2. The van der Waals surface area contributed by atoms with Gasteiger partial charge in [0, 0.05) is 44.3 Å². The first kappa shape index (κ1) is 25.7. The molecule has 0 radical (unpaired) electrons. The lowest BCUT2D eigenvalue weighted by Gasteiger charge is -2.30. The summed E-state index contributed by atoms with van der Waals surface area (Å²) in [6, 6.07) is 4.38. The molecule has 0 aromatic heterocycles. The zero-order valence-corrected chi connectivity index (χ0v) is 21.5. The molecule has 0 bridgehead atoms. The first-order chi connectivity index (χ1) is 17.3. The molecular weight excluding hydrogens is 480 g/mol. The second-order valence-corrected chi connectivity index (χ2v) is 9.68. The van der Waals surface area contributed by atoms with Crippen LogP contribution in [-0.4, -0.2) is 83.8 Å². The number of rotatable bonds is 1. The molecule has 3 aliphatic heterocycles. The Morgan fingerprint density at radius 2 is 1.67 bits per heavy atom. The summed E-state index contributed by atoms with van der Waals surface area (Å²) in [5, 5.41) is 9.40. The van der Waals surface area contributed by atoms with Crippen molar-refractivity contribution in [3.8, 4) is 0 Å². The Morgan fingerprint density at radius 3 is 2.31 bits per heavy atom. The van der Waals surface area contributed by atoms with Gasteiger partial charge in [0.25, 0.3) is 0 Å². The van der Waals surface area contributed by atoms with E-state index in [0.29, 0.717) is 35.7 Å². The van der Waals surface area contributed by atoms with E-state index in [1.807, 2.05) is 16.7 Å². The highest BCUT2D eigenvalue weighted by Gasteiger charge is 2.28. The summed E-state index contributed by atoms with van der Waals surface area (Å²) in [7, 11) is 0. The predicted molar refractivity (Wildman–Crippen MR) is 145 cm³/mol. The fourth-order valence-electron chi connectivity index (χ4n) is 4.67. The number of hydrogen-bond donors (Lipinski definition) is 3. The quantitative estimate of drug-likeness (QED) is 0.390. The Kier molecular flexibility index (Phi) is 8.29. The number of nitrogens with zero attached hydrogens (tertiary/aromatic N) is 7. The van der Waals surface area contributed by atoms with Crippen molar-refractivity contribution in [3.05, 3.63) is 28.8 Å². The highest BCUT2D eigenvalue weighted by atomic mass is 35.5. The molecule has 1 aromatic carbocycles. The number of guanidine groups is 4. The number of hydrogen-bond acceptors (Lipinski definition) is 4. The molecule has 0 unspecified atom stereocenters. The van der Waals surface area contributed by atoms with Crippen LogP contribution in [0.2, 0.25) is 5.02 Å². The zero-order valence-electron chi connectivity index (χ0n) is 20.8. The Bertz CT molecular complexity index is 1070. The fourth-order valence-corrected chi connectivity index (χ4v) is 4.90. The maximum atomic E-state index is 12.8. The number of carbonyl (C=O) groups is 1. The summed E-state index contributed by atoms with van der Waals surface area (Å²) in [6.07, 6.45) is 5.91. The van der Waals surface area contributed by atoms with Gasteiger partial charge in [-0.25, -0.2) is 9.69 Å². The average Bonchev–Trinajstić information content (AvgIpc) is 3.52. The number of benzene rings is 1. The van der Waals surface area contributed by atoms with Crippen molar-refractivity contribution >= 4 is 47.2 Å². The van der Waals surface area contributed by atoms with Gasteiger partial charge < -0.3 is 21.3 Å². The molecule has 36 heavy (non-hydrogen) atoms. The van der Waals surface area contributed by atoms with Crippen LogP contribution in [0.25, 0.3) is 0 Å². The molecule has 12 heteroatoms. The molecule has 2 amide bonds. The van der Waals surface area contributed by atoms with Gasteiger partial charge in [-0.05, 0) is 69.2 Å². The number of nitrogens with one attached hydrogen (secondary N) is 1. The monoisotopic (exact) mass is 514 g/mol. The summed E-state index contributed by atoms with van der Waals surface area (Å²) in [4.78, 5) is 33.9.